The van der Waals surface area contributed by atoms with E-state index in [2.05, 4.69) is 10.3 Å². The highest BCUT2D eigenvalue weighted by molar-refractivity contribution is 5.83. The molecule has 2 rings (SSSR count). The van der Waals surface area contributed by atoms with Gasteiger partial charge in [-0.25, -0.2) is 4.79 Å². The molecule has 1 aromatic heterocycles. The first-order valence-electron chi connectivity index (χ1n) is 7.51. The second-order valence-corrected chi connectivity index (χ2v) is 5.94. The van der Waals surface area contributed by atoms with E-state index in [0.29, 0.717) is 5.52 Å². The van der Waals surface area contributed by atoms with Crippen molar-refractivity contribution in [3.63, 3.8) is 0 Å². The van der Waals surface area contributed by atoms with Crippen LogP contribution in [0.3, 0.4) is 0 Å². The molecule has 1 aromatic carbocycles. The van der Waals surface area contributed by atoms with Crippen LogP contribution >= 0.6 is 0 Å². The van der Waals surface area contributed by atoms with E-state index >= 15 is 0 Å². The number of hydrogen-bond acceptors (Lipinski definition) is 5. The number of aromatic nitrogens is 2. The van der Waals surface area contributed by atoms with E-state index in [1.807, 2.05) is 0 Å². The van der Waals surface area contributed by atoms with E-state index in [1.54, 1.807) is 32.0 Å². The van der Waals surface area contributed by atoms with Gasteiger partial charge in [-0.05, 0) is 24.5 Å². The van der Waals surface area contributed by atoms with Crippen LogP contribution in [0.1, 0.15) is 20.3 Å². The third kappa shape index (κ3) is 3.89. The van der Waals surface area contributed by atoms with E-state index in [-0.39, 0.29) is 17.7 Å². The molecule has 0 aliphatic heterocycles. The first kappa shape index (κ1) is 17.5. The summed E-state index contributed by atoms with van der Waals surface area (Å²) < 4.78 is 0.735. The summed E-state index contributed by atoms with van der Waals surface area (Å²) in [6.07, 6.45) is 0.192. The highest BCUT2D eigenvalue weighted by Gasteiger charge is 2.17. The molecule has 1 atom stereocenters. The van der Waals surface area contributed by atoms with Gasteiger partial charge >= 0.3 is 5.69 Å². The average Bonchev–Trinajstić information content (AvgIpc) is 2.50. The third-order valence-corrected chi connectivity index (χ3v) is 3.52. The molecular weight excluding hydrogens is 314 g/mol. The summed E-state index contributed by atoms with van der Waals surface area (Å²) in [6.45, 7) is 3.04. The van der Waals surface area contributed by atoms with Gasteiger partial charge in [-0.3, -0.25) is 14.2 Å². The standard InChI is InChI=1S/C16H19N3O5/c1-9(2)7-12(15(22)23)17-13(20)8-19-14(21)10-5-3-4-6-11(10)18-16(19)24/h3-6,9,12H,7-8H2,1-2H3,(H,17,20)(H,18,24)(H,22,23)/p-1/t12-/m0/s1. The Morgan fingerprint density at radius 2 is 1.92 bits per heavy atom. The molecule has 1 amide bonds. The molecule has 0 aliphatic rings. The Balaban J connectivity index is 2.26. The minimum Gasteiger partial charge on any atom is -0.548 e. The van der Waals surface area contributed by atoms with Gasteiger partial charge in [-0.15, -0.1) is 0 Å². The van der Waals surface area contributed by atoms with Gasteiger partial charge < -0.3 is 20.2 Å². The van der Waals surface area contributed by atoms with Crippen molar-refractivity contribution in [1.29, 1.82) is 0 Å². The van der Waals surface area contributed by atoms with Crippen molar-refractivity contribution in [3.05, 3.63) is 45.1 Å². The van der Waals surface area contributed by atoms with E-state index in [1.165, 1.54) is 6.07 Å². The zero-order valence-electron chi connectivity index (χ0n) is 13.4. The summed E-state index contributed by atoms with van der Waals surface area (Å²) in [5.41, 5.74) is -0.974. The Bertz CT molecular complexity index is 881. The minimum atomic E-state index is -1.41. The number of aromatic amines is 1. The fourth-order valence-corrected chi connectivity index (χ4v) is 2.41. The molecule has 0 spiro atoms. The number of amides is 1. The topological polar surface area (TPSA) is 124 Å². The number of carbonyl (C=O) groups is 2. The highest BCUT2D eigenvalue weighted by atomic mass is 16.4. The van der Waals surface area contributed by atoms with Crippen LogP contribution in [0.25, 0.3) is 10.9 Å². The lowest BCUT2D eigenvalue weighted by Gasteiger charge is -2.21. The molecule has 0 unspecified atom stereocenters. The summed E-state index contributed by atoms with van der Waals surface area (Å²) in [7, 11) is 0. The number of carboxylic acid groups (broad SMARTS) is 1. The number of carbonyl (C=O) groups excluding carboxylic acids is 2. The maximum atomic E-state index is 12.3. The van der Waals surface area contributed by atoms with Crippen LogP contribution in [-0.2, 0) is 16.1 Å². The van der Waals surface area contributed by atoms with E-state index in [0.717, 1.165) is 4.57 Å². The Hall–Kier alpha value is -2.90. The van der Waals surface area contributed by atoms with Crippen molar-refractivity contribution in [1.82, 2.24) is 14.9 Å². The molecule has 8 nitrogen and oxygen atoms in total. The average molecular weight is 332 g/mol. The first-order chi connectivity index (χ1) is 11.3. The third-order valence-electron chi connectivity index (χ3n) is 3.52. The number of nitrogens with zero attached hydrogens (tertiary/aromatic N) is 1. The number of rotatable bonds is 6. The van der Waals surface area contributed by atoms with Crippen LogP contribution in [-0.4, -0.2) is 27.5 Å². The Morgan fingerprint density at radius 3 is 2.54 bits per heavy atom. The van der Waals surface area contributed by atoms with Gasteiger partial charge in [0.1, 0.15) is 6.54 Å². The molecule has 0 fully saturated rings. The Kier molecular flexibility index (Phi) is 5.18. The number of para-hydroxylation sites is 1. The minimum absolute atomic E-state index is 0.0278. The maximum Gasteiger partial charge on any atom is 0.329 e. The molecule has 0 radical (unpaired) electrons. The summed E-state index contributed by atoms with van der Waals surface area (Å²) in [4.78, 5) is 49.9. The van der Waals surface area contributed by atoms with Crippen LogP contribution in [0.2, 0.25) is 0 Å². The lowest BCUT2D eigenvalue weighted by molar-refractivity contribution is -0.308. The maximum absolute atomic E-state index is 12.3. The van der Waals surface area contributed by atoms with Gasteiger partial charge in [0.25, 0.3) is 5.56 Å². The van der Waals surface area contributed by atoms with Crippen LogP contribution in [0, 0.1) is 5.92 Å². The van der Waals surface area contributed by atoms with E-state index < -0.39 is 35.7 Å². The molecular formula is C16H18N3O5-. The van der Waals surface area contributed by atoms with Crippen molar-refractivity contribution in [2.75, 3.05) is 0 Å². The first-order valence-corrected chi connectivity index (χ1v) is 7.51. The van der Waals surface area contributed by atoms with E-state index in [4.69, 9.17) is 0 Å². The molecule has 24 heavy (non-hydrogen) atoms. The normalized spacial score (nSPS) is 12.3. The van der Waals surface area contributed by atoms with Gasteiger partial charge in [0, 0.05) is 0 Å². The number of fused-ring (bicyclic) bond motifs is 1. The number of carboxylic acids is 1. The number of hydrogen-bond donors (Lipinski definition) is 2. The van der Waals surface area contributed by atoms with Crippen LogP contribution in [0.15, 0.2) is 33.9 Å². The van der Waals surface area contributed by atoms with E-state index in [9.17, 15) is 24.3 Å². The molecule has 0 saturated carbocycles. The molecule has 2 N–H and O–H groups in total. The quantitative estimate of drug-likeness (QED) is 0.700. The van der Waals surface area contributed by atoms with Crippen LogP contribution in [0.5, 0.6) is 0 Å². The predicted octanol–water partition coefficient (Wildman–Crippen LogP) is -1.03. The highest BCUT2D eigenvalue weighted by Crippen LogP contribution is 2.05. The summed E-state index contributed by atoms with van der Waals surface area (Å²) in [5.74, 6) is -2.12. The summed E-state index contributed by atoms with van der Waals surface area (Å²) in [6, 6.07) is 5.25. The van der Waals surface area contributed by atoms with Crippen LogP contribution in [0.4, 0.5) is 0 Å². The molecule has 8 heteroatoms. The molecule has 0 aliphatic carbocycles. The van der Waals surface area contributed by atoms with Gasteiger partial charge in [-0.1, -0.05) is 26.0 Å². The zero-order valence-corrected chi connectivity index (χ0v) is 13.4. The molecule has 0 saturated heterocycles. The SMILES string of the molecule is CC(C)C[C@H](NC(=O)Cn1c(=O)[nH]c2ccccc2c1=O)C(=O)[O-]. The largest absolute Gasteiger partial charge is 0.548 e. The summed E-state index contributed by atoms with van der Waals surface area (Å²) in [5, 5.41) is 13.6. The van der Waals surface area contributed by atoms with Crippen LogP contribution < -0.4 is 21.7 Å². The van der Waals surface area contributed by atoms with Crippen molar-refractivity contribution < 1.29 is 14.7 Å². The number of aliphatic carboxylic acids is 1. The van der Waals surface area contributed by atoms with Crippen molar-refractivity contribution in [2.24, 2.45) is 5.92 Å². The lowest BCUT2D eigenvalue weighted by atomic mass is 10.0. The fraction of sp³-hybridized carbons (Fsp3) is 0.375. The Morgan fingerprint density at radius 1 is 1.25 bits per heavy atom. The smallest absolute Gasteiger partial charge is 0.329 e. The van der Waals surface area contributed by atoms with Crippen molar-refractivity contribution >= 4 is 22.8 Å². The second-order valence-electron chi connectivity index (χ2n) is 5.94. The zero-order chi connectivity index (χ0) is 17.9. The Labute approximate surface area is 137 Å². The van der Waals surface area contributed by atoms with Gasteiger partial charge in [0.05, 0.1) is 22.9 Å². The molecule has 0 bridgehead atoms. The van der Waals surface area contributed by atoms with Gasteiger partial charge in [0.15, 0.2) is 0 Å². The van der Waals surface area contributed by atoms with Crippen molar-refractivity contribution in [2.45, 2.75) is 32.9 Å². The second kappa shape index (κ2) is 7.12. The predicted molar refractivity (Wildman–Crippen MR) is 85.2 cm³/mol. The molecule has 128 valence electrons. The monoisotopic (exact) mass is 332 g/mol. The fourth-order valence-electron chi connectivity index (χ4n) is 2.41. The molecule has 1 heterocycles. The van der Waals surface area contributed by atoms with Gasteiger partial charge in [0.2, 0.25) is 5.91 Å². The number of nitrogens with one attached hydrogen (secondary N) is 2. The van der Waals surface area contributed by atoms with Crippen molar-refractivity contribution in [3.8, 4) is 0 Å². The molecule has 2 aromatic rings. The number of H-pyrrole nitrogens is 1. The lowest BCUT2D eigenvalue weighted by Crippen LogP contribution is -2.50. The summed E-state index contributed by atoms with van der Waals surface area (Å²) >= 11 is 0. The van der Waals surface area contributed by atoms with Gasteiger partial charge in [-0.2, -0.15) is 0 Å². The number of benzene rings is 1.